The lowest BCUT2D eigenvalue weighted by molar-refractivity contribution is 0.441. The molecule has 0 bridgehead atoms. The first-order chi connectivity index (χ1) is 7.33. The van der Waals surface area contributed by atoms with E-state index in [1.165, 1.54) is 6.42 Å². The lowest BCUT2D eigenvalue weighted by Gasteiger charge is -2.29. The second kappa shape index (κ2) is 4.00. The van der Waals surface area contributed by atoms with Crippen LogP contribution >= 0.6 is 0 Å². The van der Waals surface area contributed by atoms with Crippen molar-refractivity contribution < 1.29 is 0 Å². The van der Waals surface area contributed by atoms with Gasteiger partial charge in [0.1, 0.15) is 0 Å². The number of rotatable bonds is 0. The molecule has 0 heteroatoms. The smallest absolute Gasteiger partial charge is 0.00887 e. The lowest BCUT2D eigenvalue weighted by Crippen LogP contribution is -2.16. The molecule has 1 aliphatic rings. The maximum atomic E-state index is 2.47. The average molecular weight is 234 g/mol. The fourth-order valence-electron chi connectivity index (χ4n) is 2.42. The van der Waals surface area contributed by atoms with Crippen molar-refractivity contribution in [2.75, 3.05) is 0 Å². The van der Waals surface area contributed by atoms with Crippen molar-refractivity contribution in [2.24, 2.45) is 16.2 Å². The Kier molecular flexibility index (Phi) is 3.42. The van der Waals surface area contributed by atoms with Crippen LogP contribution in [0.4, 0.5) is 0 Å². The van der Waals surface area contributed by atoms with Crippen molar-refractivity contribution in [3.8, 4) is 0 Å². The van der Waals surface area contributed by atoms with Gasteiger partial charge < -0.3 is 0 Å². The Bertz CT molecular complexity index is 356. The third-order valence-corrected chi connectivity index (χ3v) is 3.69. The zero-order chi connectivity index (χ0) is 13.6. The fourth-order valence-corrected chi connectivity index (χ4v) is 2.42. The van der Waals surface area contributed by atoms with Gasteiger partial charge in [0.05, 0.1) is 0 Å². The highest BCUT2D eigenvalue weighted by atomic mass is 14.4. The van der Waals surface area contributed by atoms with Crippen LogP contribution in [0.25, 0.3) is 0 Å². The summed E-state index contributed by atoms with van der Waals surface area (Å²) in [6.07, 6.45) is 3.64. The Morgan fingerprint density at radius 2 is 1.18 bits per heavy atom. The summed E-state index contributed by atoms with van der Waals surface area (Å²) < 4.78 is 0. The summed E-state index contributed by atoms with van der Waals surface area (Å²) in [5.41, 5.74) is 5.63. The van der Waals surface area contributed by atoms with Crippen LogP contribution in [0.2, 0.25) is 0 Å². The van der Waals surface area contributed by atoms with E-state index in [1.54, 1.807) is 16.7 Å². The van der Waals surface area contributed by atoms with Crippen LogP contribution in [0.3, 0.4) is 0 Å². The average Bonchev–Trinajstić information content (AvgIpc) is 2.42. The van der Waals surface area contributed by atoms with Crippen LogP contribution in [-0.2, 0) is 0 Å². The fraction of sp³-hybridized carbons (Fsp3) is 0.765. The van der Waals surface area contributed by atoms with E-state index in [9.17, 15) is 0 Å². The minimum Gasteiger partial charge on any atom is -0.0605 e. The molecule has 0 saturated carbocycles. The molecule has 0 saturated heterocycles. The molecule has 1 rings (SSSR count). The Morgan fingerprint density at radius 3 is 1.41 bits per heavy atom. The normalized spacial score (nSPS) is 18.8. The maximum Gasteiger partial charge on any atom is -0.00887 e. The van der Waals surface area contributed by atoms with Crippen molar-refractivity contribution in [1.82, 2.24) is 0 Å². The SMILES string of the molecule is CC(C)(C)C1=CC(C(C)(C)C)=C(C(C)(C)C)C1. The van der Waals surface area contributed by atoms with Gasteiger partial charge in [0, 0.05) is 0 Å². The van der Waals surface area contributed by atoms with Crippen molar-refractivity contribution in [3.05, 3.63) is 22.8 Å². The van der Waals surface area contributed by atoms with Crippen molar-refractivity contribution in [2.45, 2.75) is 68.7 Å². The van der Waals surface area contributed by atoms with Gasteiger partial charge in [-0.2, -0.15) is 0 Å². The molecule has 0 radical (unpaired) electrons. The van der Waals surface area contributed by atoms with Gasteiger partial charge in [0.2, 0.25) is 0 Å². The summed E-state index contributed by atoms with van der Waals surface area (Å²) in [5, 5.41) is 0. The molecule has 0 unspecified atom stereocenters. The quantitative estimate of drug-likeness (QED) is 0.500. The van der Waals surface area contributed by atoms with E-state index in [0.29, 0.717) is 5.41 Å². The maximum absolute atomic E-state index is 2.47. The summed E-state index contributed by atoms with van der Waals surface area (Å²) >= 11 is 0. The van der Waals surface area contributed by atoms with Gasteiger partial charge in [-0.25, -0.2) is 0 Å². The van der Waals surface area contributed by atoms with Crippen LogP contribution in [0.15, 0.2) is 22.8 Å². The van der Waals surface area contributed by atoms with Gasteiger partial charge in [-0.15, -0.1) is 0 Å². The third-order valence-electron chi connectivity index (χ3n) is 3.69. The van der Waals surface area contributed by atoms with E-state index in [2.05, 4.69) is 68.4 Å². The van der Waals surface area contributed by atoms with Gasteiger partial charge in [-0.3, -0.25) is 0 Å². The summed E-state index contributed by atoms with van der Waals surface area (Å²) in [6, 6.07) is 0. The van der Waals surface area contributed by atoms with Crippen LogP contribution in [-0.4, -0.2) is 0 Å². The van der Waals surface area contributed by atoms with Crippen molar-refractivity contribution >= 4 is 0 Å². The minimum atomic E-state index is 0.260. The zero-order valence-electron chi connectivity index (χ0n) is 13.3. The topological polar surface area (TPSA) is 0 Å². The highest BCUT2D eigenvalue weighted by Crippen LogP contribution is 2.48. The second-order valence-corrected chi connectivity index (χ2v) is 8.49. The molecule has 0 nitrogen and oxygen atoms in total. The highest BCUT2D eigenvalue weighted by molar-refractivity contribution is 5.46. The molecule has 1 aliphatic carbocycles. The van der Waals surface area contributed by atoms with Gasteiger partial charge in [0.15, 0.2) is 0 Å². The Balaban J connectivity index is 3.23. The molecule has 0 N–H and O–H groups in total. The van der Waals surface area contributed by atoms with E-state index in [1.807, 2.05) is 0 Å². The third kappa shape index (κ3) is 3.24. The molecule has 0 spiro atoms. The molecular formula is C17H30. The summed E-state index contributed by atoms with van der Waals surface area (Å²) in [7, 11) is 0. The van der Waals surface area contributed by atoms with E-state index in [0.717, 1.165) is 0 Å². The van der Waals surface area contributed by atoms with E-state index in [4.69, 9.17) is 0 Å². The van der Waals surface area contributed by atoms with Crippen molar-refractivity contribution in [1.29, 1.82) is 0 Å². The largest absolute Gasteiger partial charge is 0.0605 e. The van der Waals surface area contributed by atoms with Crippen LogP contribution in [0.1, 0.15) is 68.7 Å². The first-order valence-corrected chi connectivity index (χ1v) is 6.78. The molecule has 0 aromatic rings. The Morgan fingerprint density at radius 1 is 0.706 bits per heavy atom. The molecule has 0 amide bonds. The molecule has 0 atom stereocenters. The van der Waals surface area contributed by atoms with E-state index >= 15 is 0 Å². The monoisotopic (exact) mass is 234 g/mol. The minimum absolute atomic E-state index is 0.260. The molecule has 0 fully saturated rings. The lowest BCUT2D eigenvalue weighted by atomic mass is 9.76. The molecule has 0 aromatic heterocycles. The van der Waals surface area contributed by atoms with E-state index < -0.39 is 0 Å². The van der Waals surface area contributed by atoms with E-state index in [-0.39, 0.29) is 10.8 Å². The molecular weight excluding hydrogens is 204 g/mol. The summed E-state index contributed by atoms with van der Waals surface area (Å²) in [4.78, 5) is 0. The first-order valence-electron chi connectivity index (χ1n) is 6.78. The van der Waals surface area contributed by atoms with Gasteiger partial charge >= 0.3 is 0 Å². The van der Waals surface area contributed by atoms with Crippen molar-refractivity contribution in [3.63, 3.8) is 0 Å². The molecule has 0 aliphatic heterocycles. The number of allylic oxidation sites excluding steroid dienone is 4. The molecule has 0 heterocycles. The first kappa shape index (κ1) is 14.5. The molecule has 98 valence electrons. The highest BCUT2D eigenvalue weighted by Gasteiger charge is 2.34. The van der Waals surface area contributed by atoms with Gasteiger partial charge in [0.25, 0.3) is 0 Å². The Hall–Kier alpha value is -0.520. The van der Waals surface area contributed by atoms with Gasteiger partial charge in [-0.05, 0) is 28.2 Å². The predicted molar refractivity (Wildman–Crippen MR) is 78.1 cm³/mol. The van der Waals surface area contributed by atoms with Crippen LogP contribution in [0, 0.1) is 16.2 Å². The number of hydrogen-bond donors (Lipinski definition) is 0. The van der Waals surface area contributed by atoms with Crippen LogP contribution < -0.4 is 0 Å². The molecule has 17 heavy (non-hydrogen) atoms. The summed E-state index contributed by atoms with van der Waals surface area (Å²) in [5.74, 6) is 0. The number of hydrogen-bond acceptors (Lipinski definition) is 0. The second-order valence-electron chi connectivity index (χ2n) is 8.49. The zero-order valence-corrected chi connectivity index (χ0v) is 13.3. The van der Waals surface area contributed by atoms with Crippen LogP contribution in [0.5, 0.6) is 0 Å². The standard InChI is InChI=1S/C17H30/c1-15(2,3)12-10-13(16(4,5)6)14(11-12)17(7,8)9/h10H,11H2,1-9H3. The predicted octanol–water partition coefficient (Wildman–Crippen LogP) is 5.75. The summed E-state index contributed by atoms with van der Waals surface area (Å²) in [6.45, 7) is 21.0. The molecule has 0 aromatic carbocycles. The Labute approximate surface area is 108 Å². The van der Waals surface area contributed by atoms with Gasteiger partial charge in [-0.1, -0.05) is 79.5 Å².